The van der Waals surface area contributed by atoms with Crippen LogP contribution in [-0.4, -0.2) is 36.0 Å². The summed E-state index contributed by atoms with van der Waals surface area (Å²) in [5.41, 5.74) is 2.06. The molecule has 0 radical (unpaired) electrons. The van der Waals surface area contributed by atoms with Gasteiger partial charge in [-0.05, 0) is 73.4 Å². The van der Waals surface area contributed by atoms with E-state index in [1.807, 2.05) is 12.1 Å². The van der Waals surface area contributed by atoms with Crippen LogP contribution in [0.2, 0.25) is 0 Å². The van der Waals surface area contributed by atoms with Gasteiger partial charge in [0.05, 0.1) is 5.56 Å². The molecule has 2 aliphatic rings. The van der Waals surface area contributed by atoms with E-state index < -0.39 is 0 Å². The lowest BCUT2D eigenvalue weighted by Gasteiger charge is -2.31. The smallest absolute Gasteiger partial charge is 0.255 e. The first-order valence-electron chi connectivity index (χ1n) is 7.96. The van der Waals surface area contributed by atoms with Gasteiger partial charge in [-0.1, -0.05) is 18.6 Å². The average molecular weight is 398 g/mol. The van der Waals surface area contributed by atoms with Crippen LogP contribution in [0, 0.1) is 10.5 Å². The fourth-order valence-electron chi connectivity index (χ4n) is 3.07. The molecule has 1 saturated heterocycles. The maximum Gasteiger partial charge on any atom is 0.255 e. The van der Waals surface area contributed by atoms with Gasteiger partial charge in [0.2, 0.25) is 0 Å². The number of rotatable bonds is 4. The molecular formula is C17H23IN2O. The van der Waals surface area contributed by atoms with Gasteiger partial charge < -0.3 is 10.2 Å². The van der Waals surface area contributed by atoms with Crippen molar-refractivity contribution in [1.29, 1.82) is 0 Å². The van der Waals surface area contributed by atoms with Crippen molar-refractivity contribution in [3.63, 3.8) is 0 Å². The second-order valence-corrected chi connectivity index (χ2v) is 7.35. The molecule has 2 fully saturated rings. The molecule has 1 aliphatic heterocycles. The Labute approximate surface area is 140 Å². The summed E-state index contributed by atoms with van der Waals surface area (Å²) in [6, 6.07) is 6.99. The van der Waals surface area contributed by atoms with E-state index in [1.165, 1.54) is 37.7 Å². The van der Waals surface area contributed by atoms with E-state index in [4.69, 9.17) is 0 Å². The van der Waals surface area contributed by atoms with Crippen LogP contribution in [0.4, 0.5) is 0 Å². The molecule has 1 aliphatic carbocycles. The van der Waals surface area contributed by atoms with Crippen molar-refractivity contribution in [3.8, 4) is 0 Å². The molecule has 1 saturated carbocycles. The summed E-state index contributed by atoms with van der Waals surface area (Å²) in [5, 5.41) is 3.57. The standard InChI is InChI=1S/C17H23IN2O/c1-12-5-4-7-15(16(12)18)17(21)20(14-8-9-14)11-13-6-2-3-10-19-13/h4-5,7,13-14,19H,2-3,6,8-11H2,1H3. The third kappa shape index (κ3) is 3.59. The molecule has 3 rings (SSSR count). The maximum absolute atomic E-state index is 13.0. The zero-order valence-electron chi connectivity index (χ0n) is 12.6. The highest BCUT2D eigenvalue weighted by atomic mass is 127. The molecule has 0 aromatic heterocycles. The predicted octanol–water partition coefficient (Wildman–Crippen LogP) is 3.35. The van der Waals surface area contributed by atoms with Crippen LogP contribution in [0.25, 0.3) is 0 Å². The van der Waals surface area contributed by atoms with Crippen LogP contribution in [0.5, 0.6) is 0 Å². The number of carbonyl (C=O) groups is 1. The summed E-state index contributed by atoms with van der Waals surface area (Å²) in [5.74, 6) is 0.220. The first kappa shape index (κ1) is 15.3. The van der Waals surface area contributed by atoms with E-state index in [1.54, 1.807) is 0 Å². The zero-order chi connectivity index (χ0) is 14.8. The summed E-state index contributed by atoms with van der Waals surface area (Å²) < 4.78 is 1.10. The van der Waals surface area contributed by atoms with Gasteiger partial charge in [0.1, 0.15) is 0 Å². The number of amides is 1. The third-order valence-electron chi connectivity index (χ3n) is 4.50. The molecule has 1 aromatic rings. The number of carbonyl (C=O) groups excluding carboxylic acids is 1. The van der Waals surface area contributed by atoms with Crippen molar-refractivity contribution in [2.24, 2.45) is 0 Å². The van der Waals surface area contributed by atoms with Crippen LogP contribution in [0.1, 0.15) is 48.0 Å². The van der Waals surface area contributed by atoms with Gasteiger partial charge in [0.15, 0.2) is 0 Å². The lowest BCUT2D eigenvalue weighted by atomic mass is 10.0. The first-order valence-corrected chi connectivity index (χ1v) is 9.04. The number of piperidine rings is 1. The van der Waals surface area contributed by atoms with E-state index in [0.29, 0.717) is 12.1 Å². The van der Waals surface area contributed by atoms with Crippen molar-refractivity contribution in [3.05, 3.63) is 32.9 Å². The Morgan fingerprint density at radius 2 is 2.14 bits per heavy atom. The second-order valence-electron chi connectivity index (χ2n) is 6.27. The Bertz CT molecular complexity index is 522. The van der Waals surface area contributed by atoms with E-state index in [2.05, 4.69) is 45.8 Å². The van der Waals surface area contributed by atoms with Crippen LogP contribution in [0.3, 0.4) is 0 Å². The van der Waals surface area contributed by atoms with Crippen LogP contribution >= 0.6 is 22.6 Å². The van der Waals surface area contributed by atoms with Gasteiger partial charge in [-0.2, -0.15) is 0 Å². The largest absolute Gasteiger partial charge is 0.334 e. The number of aryl methyl sites for hydroxylation is 1. The monoisotopic (exact) mass is 398 g/mol. The highest BCUT2D eigenvalue weighted by molar-refractivity contribution is 14.1. The molecule has 0 spiro atoms. The highest BCUT2D eigenvalue weighted by Crippen LogP contribution is 2.30. The Balaban J connectivity index is 1.76. The van der Waals surface area contributed by atoms with Gasteiger partial charge in [-0.25, -0.2) is 0 Å². The Hall–Kier alpha value is -0.620. The molecule has 3 nitrogen and oxygen atoms in total. The van der Waals surface area contributed by atoms with E-state index in [9.17, 15) is 4.79 Å². The normalized spacial score (nSPS) is 22.1. The fraction of sp³-hybridized carbons (Fsp3) is 0.588. The fourth-order valence-corrected chi connectivity index (χ4v) is 3.66. The summed E-state index contributed by atoms with van der Waals surface area (Å²) in [7, 11) is 0. The Morgan fingerprint density at radius 3 is 2.81 bits per heavy atom. The molecule has 1 N–H and O–H groups in total. The van der Waals surface area contributed by atoms with Crippen LogP contribution < -0.4 is 5.32 Å². The summed E-state index contributed by atoms with van der Waals surface area (Å²) in [6.45, 7) is 4.04. The summed E-state index contributed by atoms with van der Waals surface area (Å²) in [6.07, 6.45) is 6.08. The van der Waals surface area contributed by atoms with E-state index >= 15 is 0 Å². The van der Waals surface area contributed by atoms with Crippen molar-refractivity contribution in [2.45, 2.75) is 51.1 Å². The highest BCUT2D eigenvalue weighted by Gasteiger charge is 2.35. The van der Waals surface area contributed by atoms with E-state index in [0.717, 1.165) is 22.2 Å². The minimum Gasteiger partial charge on any atom is -0.334 e. The lowest BCUT2D eigenvalue weighted by molar-refractivity contribution is 0.0716. The number of hydrogen-bond donors (Lipinski definition) is 1. The molecule has 1 atom stereocenters. The van der Waals surface area contributed by atoms with Gasteiger partial charge in [-0.3, -0.25) is 4.79 Å². The van der Waals surface area contributed by atoms with Crippen molar-refractivity contribution >= 4 is 28.5 Å². The number of halogens is 1. The predicted molar refractivity (Wildman–Crippen MR) is 93.6 cm³/mol. The van der Waals surface area contributed by atoms with Crippen molar-refractivity contribution in [1.82, 2.24) is 10.2 Å². The van der Waals surface area contributed by atoms with Crippen molar-refractivity contribution in [2.75, 3.05) is 13.1 Å². The molecule has 1 unspecified atom stereocenters. The molecule has 0 bridgehead atoms. The van der Waals surface area contributed by atoms with Gasteiger partial charge in [-0.15, -0.1) is 0 Å². The van der Waals surface area contributed by atoms with Crippen molar-refractivity contribution < 1.29 is 4.79 Å². The molecule has 1 aromatic carbocycles. The molecule has 4 heteroatoms. The number of benzene rings is 1. The summed E-state index contributed by atoms with van der Waals surface area (Å²) >= 11 is 2.31. The SMILES string of the molecule is Cc1cccc(C(=O)N(CC2CCCCN2)C2CC2)c1I. The number of nitrogens with zero attached hydrogens (tertiary/aromatic N) is 1. The summed E-state index contributed by atoms with van der Waals surface area (Å²) in [4.78, 5) is 15.1. The minimum absolute atomic E-state index is 0.220. The molecule has 1 amide bonds. The third-order valence-corrected chi connectivity index (χ3v) is 5.93. The van der Waals surface area contributed by atoms with E-state index in [-0.39, 0.29) is 5.91 Å². The minimum atomic E-state index is 0.220. The zero-order valence-corrected chi connectivity index (χ0v) is 14.7. The average Bonchev–Trinajstić information content (AvgIpc) is 3.33. The van der Waals surface area contributed by atoms with Crippen LogP contribution in [0.15, 0.2) is 18.2 Å². The quantitative estimate of drug-likeness (QED) is 0.790. The van der Waals surface area contributed by atoms with Gasteiger partial charge in [0.25, 0.3) is 5.91 Å². The molecular weight excluding hydrogens is 375 g/mol. The Morgan fingerprint density at radius 1 is 1.33 bits per heavy atom. The first-order chi connectivity index (χ1) is 10.2. The topological polar surface area (TPSA) is 32.3 Å². The number of nitrogens with one attached hydrogen (secondary N) is 1. The molecule has 1 heterocycles. The number of hydrogen-bond acceptors (Lipinski definition) is 2. The molecule has 114 valence electrons. The second kappa shape index (κ2) is 6.65. The maximum atomic E-state index is 13.0. The Kier molecular flexibility index (Phi) is 4.84. The van der Waals surface area contributed by atoms with Gasteiger partial charge >= 0.3 is 0 Å². The molecule has 21 heavy (non-hydrogen) atoms. The lowest BCUT2D eigenvalue weighted by Crippen LogP contribution is -2.46. The van der Waals surface area contributed by atoms with Crippen LogP contribution in [-0.2, 0) is 0 Å². The van der Waals surface area contributed by atoms with Gasteiger partial charge in [0, 0.05) is 22.2 Å².